The van der Waals surface area contributed by atoms with Gasteiger partial charge < -0.3 is 14.2 Å². The molecule has 0 amide bonds. The second-order valence-electron chi connectivity index (χ2n) is 4.48. The van der Waals surface area contributed by atoms with Crippen LogP contribution in [0.15, 0.2) is 42.5 Å². The molecule has 2 aromatic rings. The topological polar surface area (TPSA) is 27.7 Å². The molecule has 3 heteroatoms. The van der Waals surface area contributed by atoms with Crippen molar-refractivity contribution in [2.24, 2.45) is 0 Å². The number of hydrogen-bond acceptors (Lipinski definition) is 3. The molecule has 0 fully saturated rings. The van der Waals surface area contributed by atoms with Crippen molar-refractivity contribution < 1.29 is 14.2 Å². The van der Waals surface area contributed by atoms with Gasteiger partial charge in [-0.15, -0.1) is 0 Å². The second-order valence-corrected chi connectivity index (χ2v) is 4.48. The van der Waals surface area contributed by atoms with Crippen LogP contribution in [0.2, 0.25) is 0 Å². The summed E-state index contributed by atoms with van der Waals surface area (Å²) < 4.78 is 16.3. The number of rotatable bonds is 6. The summed E-state index contributed by atoms with van der Waals surface area (Å²) in [6, 6.07) is 14.0. The van der Waals surface area contributed by atoms with E-state index in [0.717, 1.165) is 29.2 Å². The lowest BCUT2D eigenvalue weighted by Crippen LogP contribution is -1.98. The first-order valence-electron chi connectivity index (χ1n) is 6.69. The molecule has 0 aliphatic carbocycles. The fourth-order valence-electron chi connectivity index (χ4n) is 1.99. The highest BCUT2D eigenvalue weighted by Gasteiger charge is 2.05. The summed E-state index contributed by atoms with van der Waals surface area (Å²) in [7, 11) is 3.26. The Morgan fingerprint density at radius 2 is 1.65 bits per heavy atom. The SMILES string of the molecule is CCc1cccc(OCc2ccc(OC)c(OC)c2)c1. The van der Waals surface area contributed by atoms with Crippen LogP contribution in [-0.2, 0) is 13.0 Å². The fraction of sp³-hybridized carbons (Fsp3) is 0.294. The Kier molecular flexibility index (Phi) is 4.88. The molecule has 106 valence electrons. The van der Waals surface area contributed by atoms with Crippen LogP contribution in [0, 0.1) is 0 Å². The van der Waals surface area contributed by atoms with Gasteiger partial charge in [0.1, 0.15) is 12.4 Å². The Hall–Kier alpha value is -2.16. The van der Waals surface area contributed by atoms with Gasteiger partial charge in [-0.2, -0.15) is 0 Å². The molecule has 0 saturated heterocycles. The van der Waals surface area contributed by atoms with Crippen molar-refractivity contribution in [2.75, 3.05) is 14.2 Å². The van der Waals surface area contributed by atoms with E-state index in [4.69, 9.17) is 14.2 Å². The Bertz CT molecular complexity index is 564. The van der Waals surface area contributed by atoms with Crippen LogP contribution in [0.1, 0.15) is 18.1 Å². The first-order chi connectivity index (χ1) is 9.76. The third kappa shape index (κ3) is 3.44. The highest BCUT2D eigenvalue weighted by Crippen LogP contribution is 2.28. The first kappa shape index (κ1) is 14.3. The smallest absolute Gasteiger partial charge is 0.161 e. The zero-order chi connectivity index (χ0) is 14.4. The van der Waals surface area contributed by atoms with Crippen LogP contribution in [0.25, 0.3) is 0 Å². The molecule has 2 aromatic carbocycles. The number of benzene rings is 2. The largest absolute Gasteiger partial charge is 0.493 e. The second kappa shape index (κ2) is 6.85. The quantitative estimate of drug-likeness (QED) is 0.799. The van der Waals surface area contributed by atoms with Crippen molar-refractivity contribution in [1.29, 1.82) is 0 Å². The van der Waals surface area contributed by atoms with E-state index in [2.05, 4.69) is 19.1 Å². The monoisotopic (exact) mass is 272 g/mol. The van der Waals surface area contributed by atoms with Gasteiger partial charge in [0.05, 0.1) is 14.2 Å². The summed E-state index contributed by atoms with van der Waals surface area (Å²) in [5, 5.41) is 0. The van der Waals surface area contributed by atoms with Crippen LogP contribution >= 0.6 is 0 Å². The third-order valence-corrected chi connectivity index (χ3v) is 3.16. The fourth-order valence-corrected chi connectivity index (χ4v) is 1.99. The van der Waals surface area contributed by atoms with Crippen molar-refractivity contribution in [1.82, 2.24) is 0 Å². The van der Waals surface area contributed by atoms with Crippen molar-refractivity contribution in [3.63, 3.8) is 0 Å². The van der Waals surface area contributed by atoms with Crippen LogP contribution < -0.4 is 14.2 Å². The lowest BCUT2D eigenvalue weighted by atomic mass is 10.1. The number of aryl methyl sites for hydroxylation is 1. The maximum Gasteiger partial charge on any atom is 0.161 e. The summed E-state index contributed by atoms with van der Waals surface area (Å²) in [5.41, 5.74) is 2.32. The van der Waals surface area contributed by atoms with E-state index < -0.39 is 0 Å². The van der Waals surface area contributed by atoms with E-state index in [1.54, 1.807) is 14.2 Å². The van der Waals surface area contributed by atoms with Gasteiger partial charge in [-0.3, -0.25) is 0 Å². The van der Waals surface area contributed by atoms with E-state index >= 15 is 0 Å². The van der Waals surface area contributed by atoms with Gasteiger partial charge >= 0.3 is 0 Å². The molecular formula is C17H20O3. The van der Waals surface area contributed by atoms with E-state index in [-0.39, 0.29) is 0 Å². The lowest BCUT2D eigenvalue weighted by Gasteiger charge is -2.11. The van der Waals surface area contributed by atoms with E-state index in [1.807, 2.05) is 30.3 Å². The van der Waals surface area contributed by atoms with E-state index in [0.29, 0.717) is 6.61 Å². The predicted octanol–water partition coefficient (Wildman–Crippen LogP) is 3.85. The third-order valence-electron chi connectivity index (χ3n) is 3.16. The van der Waals surface area contributed by atoms with Crippen molar-refractivity contribution >= 4 is 0 Å². The van der Waals surface area contributed by atoms with Gasteiger partial charge in [-0.25, -0.2) is 0 Å². The normalized spacial score (nSPS) is 10.2. The molecule has 0 aliphatic heterocycles. The Balaban J connectivity index is 2.06. The van der Waals surface area contributed by atoms with Crippen LogP contribution in [0.4, 0.5) is 0 Å². The number of methoxy groups -OCH3 is 2. The van der Waals surface area contributed by atoms with E-state index in [9.17, 15) is 0 Å². The van der Waals surface area contributed by atoms with Gasteiger partial charge in [-0.05, 0) is 41.8 Å². The molecule has 3 nitrogen and oxygen atoms in total. The summed E-state index contributed by atoms with van der Waals surface area (Å²) in [6.45, 7) is 2.64. The molecule has 0 bridgehead atoms. The lowest BCUT2D eigenvalue weighted by molar-refractivity contribution is 0.303. The average molecular weight is 272 g/mol. The van der Waals surface area contributed by atoms with Crippen molar-refractivity contribution in [3.8, 4) is 17.2 Å². The predicted molar refractivity (Wildman–Crippen MR) is 79.7 cm³/mol. The summed E-state index contributed by atoms with van der Waals surface area (Å²) >= 11 is 0. The Morgan fingerprint density at radius 3 is 2.35 bits per heavy atom. The van der Waals surface area contributed by atoms with Crippen LogP contribution in [-0.4, -0.2) is 14.2 Å². The van der Waals surface area contributed by atoms with Crippen LogP contribution in [0.5, 0.6) is 17.2 Å². The highest BCUT2D eigenvalue weighted by molar-refractivity contribution is 5.42. The molecule has 0 aliphatic rings. The standard InChI is InChI=1S/C17H20O3/c1-4-13-6-5-7-15(10-13)20-12-14-8-9-16(18-2)17(11-14)19-3/h5-11H,4,12H2,1-3H3. The zero-order valence-electron chi connectivity index (χ0n) is 12.2. The first-order valence-corrected chi connectivity index (χ1v) is 6.69. The van der Waals surface area contributed by atoms with Gasteiger partial charge in [0.15, 0.2) is 11.5 Å². The molecule has 2 rings (SSSR count). The molecule has 0 aromatic heterocycles. The zero-order valence-corrected chi connectivity index (χ0v) is 12.2. The molecule has 0 radical (unpaired) electrons. The molecule has 0 N–H and O–H groups in total. The maximum atomic E-state index is 5.81. The molecule has 20 heavy (non-hydrogen) atoms. The maximum absolute atomic E-state index is 5.81. The highest BCUT2D eigenvalue weighted by atomic mass is 16.5. The molecule has 0 atom stereocenters. The summed E-state index contributed by atoms with van der Waals surface area (Å²) in [6.07, 6.45) is 1.01. The van der Waals surface area contributed by atoms with Gasteiger partial charge in [0.25, 0.3) is 0 Å². The van der Waals surface area contributed by atoms with Crippen molar-refractivity contribution in [3.05, 3.63) is 53.6 Å². The molecule has 0 heterocycles. The summed E-state index contributed by atoms with van der Waals surface area (Å²) in [5.74, 6) is 2.33. The number of ether oxygens (including phenoxy) is 3. The Morgan fingerprint density at radius 1 is 0.850 bits per heavy atom. The molecular weight excluding hydrogens is 252 g/mol. The number of hydrogen-bond donors (Lipinski definition) is 0. The average Bonchev–Trinajstić information content (AvgIpc) is 2.52. The Labute approximate surface area is 120 Å². The molecule has 0 saturated carbocycles. The van der Waals surface area contributed by atoms with E-state index in [1.165, 1.54) is 5.56 Å². The van der Waals surface area contributed by atoms with Crippen LogP contribution in [0.3, 0.4) is 0 Å². The minimum atomic E-state index is 0.507. The van der Waals surface area contributed by atoms with Crippen molar-refractivity contribution in [2.45, 2.75) is 20.0 Å². The summed E-state index contributed by atoms with van der Waals surface area (Å²) in [4.78, 5) is 0. The molecule has 0 unspecified atom stereocenters. The minimum absolute atomic E-state index is 0.507. The van der Waals surface area contributed by atoms with Gasteiger partial charge in [0, 0.05) is 0 Å². The van der Waals surface area contributed by atoms with Gasteiger partial charge in [0.2, 0.25) is 0 Å². The minimum Gasteiger partial charge on any atom is -0.493 e. The molecule has 0 spiro atoms. The van der Waals surface area contributed by atoms with Gasteiger partial charge in [-0.1, -0.05) is 25.1 Å².